The second kappa shape index (κ2) is 9.01. The highest BCUT2D eigenvalue weighted by atomic mass is 16.5. The summed E-state index contributed by atoms with van der Waals surface area (Å²) in [7, 11) is 0. The first-order chi connectivity index (χ1) is 10.5. The van der Waals surface area contributed by atoms with Gasteiger partial charge in [0.2, 0.25) is 5.91 Å². The second-order valence-corrected chi connectivity index (χ2v) is 5.08. The molecule has 0 aromatic rings. The van der Waals surface area contributed by atoms with Gasteiger partial charge in [-0.05, 0) is 19.8 Å². The zero-order chi connectivity index (χ0) is 16.5. The van der Waals surface area contributed by atoms with Crippen LogP contribution in [0.2, 0.25) is 0 Å². The van der Waals surface area contributed by atoms with Crippen LogP contribution in [0, 0.1) is 5.92 Å². The number of nitrogens with zero attached hydrogens (tertiary/aromatic N) is 1. The van der Waals surface area contributed by atoms with E-state index in [-0.39, 0.29) is 37.4 Å². The Kier molecular flexibility index (Phi) is 7.34. The number of nitrogens with one attached hydrogen (secondary N) is 2. The number of carbonyl (C=O) groups excluding carboxylic acids is 4. The van der Waals surface area contributed by atoms with E-state index in [2.05, 4.69) is 10.6 Å². The molecule has 124 valence electrons. The SMILES string of the molecule is CCOC(=O)C1CCCN(C(=O)C(=O)NCCNC(C)=O)C1. The molecule has 1 fully saturated rings. The topological polar surface area (TPSA) is 105 Å². The monoisotopic (exact) mass is 313 g/mol. The van der Waals surface area contributed by atoms with Gasteiger partial charge in [0.25, 0.3) is 0 Å². The number of rotatable bonds is 5. The molecule has 0 aliphatic carbocycles. The van der Waals surface area contributed by atoms with E-state index in [1.54, 1.807) is 6.92 Å². The molecular weight excluding hydrogens is 290 g/mol. The van der Waals surface area contributed by atoms with Crippen LogP contribution < -0.4 is 10.6 Å². The molecule has 1 rings (SSSR count). The average Bonchev–Trinajstić information content (AvgIpc) is 2.50. The number of ether oxygens (including phenoxy) is 1. The summed E-state index contributed by atoms with van der Waals surface area (Å²) in [4.78, 5) is 47.5. The summed E-state index contributed by atoms with van der Waals surface area (Å²) in [6, 6.07) is 0. The van der Waals surface area contributed by atoms with Crippen molar-refractivity contribution >= 4 is 23.7 Å². The van der Waals surface area contributed by atoms with Crippen LogP contribution in [-0.2, 0) is 23.9 Å². The lowest BCUT2D eigenvalue weighted by molar-refractivity contribution is -0.154. The third-order valence-corrected chi connectivity index (χ3v) is 3.31. The Morgan fingerprint density at radius 1 is 1.18 bits per heavy atom. The summed E-state index contributed by atoms with van der Waals surface area (Å²) in [5, 5.41) is 4.96. The van der Waals surface area contributed by atoms with Crippen molar-refractivity contribution in [1.82, 2.24) is 15.5 Å². The molecule has 0 spiro atoms. The molecule has 2 N–H and O–H groups in total. The van der Waals surface area contributed by atoms with Crippen molar-refractivity contribution in [3.05, 3.63) is 0 Å². The maximum absolute atomic E-state index is 12.0. The summed E-state index contributed by atoms with van der Waals surface area (Å²) in [6.45, 7) is 4.50. The third-order valence-electron chi connectivity index (χ3n) is 3.31. The van der Waals surface area contributed by atoms with Gasteiger partial charge < -0.3 is 20.3 Å². The van der Waals surface area contributed by atoms with Gasteiger partial charge in [0, 0.05) is 33.1 Å². The lowest BCUT2D eigenvalue weighted by Crippen LogP contribution is -2.49. The largest absolute Gasteiger partial charge is 0.466 e. The van der Waals surface area contributed by atoms with Crippen LogP contribution in [0.5, 0.6) is 0 Å². The van der Waals surface area contributed by atoms with E-state index in [0.717, 1.165) is 0 Å². The highest BCUT2D eigenvalue weighted by Gasteiger charge is 2.31. The molecule has 1 aliphatic rings. The number of likely N-dealkylation sites (tertiary alicyclic amines) is 1. The number of hydrogen-bond donors (Lipinski definition) is 2. The van der Waals surface area contributed by atoms with Gasteiger partial charge in [-0.2, -0.15) is 0 Å². The summed E-state index contributed by atoms with van der Waals surface area (Å²) < 4.78 is 4.95. The van der Waals surface area contributed by atoms with Crippen molar-refractivity contribution in [1.29, 1.82) is 0 Å². The van der Waals surface area contributed by atoms with E-state index >= 15 is 0 Å². The number of esters is 1. The summed E-state index contributed by atoms with van der Waals surface area (Å²) >= 11 is 0. The van der Waals surface area contributed by atoms with Gasteiger partial charge in [0.1, 0.15) is 0 Å². The van der Waals surface area contributed by atoms with Gasteiger partial charge in [-0.25, -0.2) is 0 Å². The maximum Gasteiger partial charge on any atom is 0.311 e. The van der Waals surface area contributed by atoms with Crippen LogP contribution in [0.15, 0.2) is 0 Å². The van der Waals surface area contributed by atoms with Crippen LogP contribution in [0.3, 0.4) is 0 Å². The van der Waals surface area contributed by atoms with Crippen LogP contribution in [0.4, 0.5) is 0 Å². The van der Waals surface area contributed by atoms with Crippen LogP contribution in [0.1, 0.15) is 26.7 Å². The Morgan fingerprint density at radius 3 is 2.50 bits per heavy atom. The molecule has 3 amide bonds. The standard InChI is InChI=1S/C14H23N3O5/c1-3-22-14(21)11-5-4-8-17(9-11)13(20)12(19)16-7-6-15-10(2)18/h11H,3-9H2,1-2H3,(H,15,18)(H,16,19). The predicted molar refractivity (Wildman–Crippen MR) is 77.6 cm³/mol. The van der Waals surface area contributed by atoms with Crippen molar-refractivity contribution < 1.29 is 23.9 Å². The molecule has 1 unspecified atom stereocenters. The van der Waals surface area contributed by atoms with Gasteiger partial charge in [0.15, 0.2) is 0 Å². The fourth-order valence-electron chi connectivity index (χ4n) is 2.25. The molecule has 0 aromatic carbocycles. The van der Waals surface area contributed by atoms with Gasteiger partial charge >= 0.3 is 17.8 Å². The van der Waals surface area contributed by atoms with Crippen molar-refractivity contribution in [3.63, 3.8) is 0 Å². The molecule has 1 heterocycles. The second-order valence-electron chi connectivity index (χ2n) is 5.08. The van der Waals surface area contributed by atoms with Crippen LogP contribution >= 0.6 is 0 Å². The van der Waals surface area contributed by atoms with Crippen LogP contribution in [-0.4, -0.2) is 61.4 Å². The fraction of sp³-hybridized carbons (Fsp3) is 0.714. The molecule has 1 atom stereocenters. The van der Waals surface area contributed by atoms with Gasteiger partial charge in [-0.1, -0.05) is 0 Å². The van der Waals surface area contributed by atoms with Gasteiger partial charge in [-0.3, -0.25) is 19.2 Å². The van der Waals surface area contributed by atoms with Crippen molar-refractivity contribution in [2.24, 2.45) is 5.92 Å². The molecular formula is C14H23N3O5. The number of hydrogen-bond acceptors (Lipinski definition) is 5. The summed E-state index contributed by atoms with van der Waals surface area (Å²) in [5.41, 5.74) is 0. The predicted octanol–water partition coefficient (Wildman–Crippen LogP) is -0.960. The van der Waals surface area contributed by atoms with Crippen LogP contribution in [0.25, 0.3) is 0 Å². The van der Waals surface area contributed by atoms with E-state index < -0.39 is 11.8 Å². The first-order valence-electron chi connectivity index (χ1n) is 7.43. The zero-order valence-electron chi connectivity index (χ0n) is 13.0. The smallest absolute Gasteiger partial charge is 0.311 e. The third kappa shape index (κ3) is 5.71. The van der Waals surface area contributed by atoms with Gasteiger partial charge in [0.05, 0.1) is 12.5 Å². The maximum atomic E-state index is 12.0. The molecule has 1 aliphatic heterocycles. The molecule has 8 heteroatoms. The van der Waals surface area contributed by atoms with E-state index in [1.807, 2.05) is 0 Å². The Bertz CT molecular complexity index is 438. The molecule has 0 saturated carbocycles. The minimum Gasteiger partial charge on any atom is -0.466 e. The minimum absolute atomic E-state index is 0.180. The van der Waals surface area contributed by atoms with Crippen molar-refractivity contribution in [2.75, 3.05) is 32.8 Å². The highest BCUT2D eigenvalue weighted by Crippen LogP contribution is 2.18. The Hall–Kier alpha value is -2.12. The molecule has 0 radical (unpaired) electrons. The van der Waals surface area contributed by atoms with Crippen molar-refractivity contribution in [2.45, 2.75) is 26.7 Å². The first-order valence-corrected chi connectivity index (χ1v) is 7.43. The Morgan fingerprint density at radius 2 is 1.86 bits per heavy atom. The quantitative estimate of drug-likeness (QED) is 0.386. The number of piperidine rings is 1. The van der Waals surface area contributed by atoms with E-state index in [4.69, 9.17) is 4.74 Å². The molecule has 0 bridgehead atoms. The summed E-state index contributed by atoms with van der Waals surface area (Å²) in [5.74, 6) is -2.28. The summed E-state index contributed by atoms with van der Waals surface area (Å²) in [6.07, 6.45) is 1.32. The Labute approximate surface area is 129 Å². The zero-order valence-corrected chi connectivity index (χ0v) is 13.0. The average molecular weight is 313 g/mol. The molecule has 22 heavy (non-hydrogen) atoms. The molecule has 8 nitrogen and oxygen atoms in total. The fourth-order valence-corrected chi connectivity index (χ4v) is 2.25. The first kappa shape index (κ1) is 17.9. The lowest BCUT2D eigenvalue weighted by atomic mass is 9.98. The normalized spacial score (nSPS) is 17.5. The van der Waals surface area contributed by atoms with E-state index in [9.17, 15) is 19.2 Å². The molecule has 1 saturated heterocycles. The minimum atomic E-state index is -0.727. The van der Waals surface area contributed by atoms with E-state index in [0.29, 0.717) is 26.0 Å². The Balaban J connectivity index is 2.41. The lowest BCUT2D eigenvalue weighted by Gasteiger charge is -2.30. The highest BCUT2D eigenvalue weighted by molar-refractivity contribution is 6.35. The van der Waals surface area contributed by atoms with E-state index in [1.165, 1.54) is 11.8 Å². The van der Waals surface area contributed by atoms with Crippen molar-refractivity contribution in [3.8, 4) is 0 Å². The number of amides is 3. The molecule has 0 aromatic heterocycles. The number of carbonyl (C=O) groups is 4. The van der Waals surface area contributed by atoms with Gasteiger partial charge in [-0.15, -0.1) is 0 Å².